The molecule has 2 amide bonds. The molecule has 0 bridgehead atoms. The number of hydrogen-bond acceptors (Lipinski definition) is 2. The van der Waals surface area contributed by atoms with Crippen LogP contribution >= 0.6 is 0 Å². The molecule has 0 aromatic heterocycles. The Labute approximate surface area is 94.0 Å². The maximum absolute atomic E-state index is 11.8. The number of fused-ring (bicyclic) bond motifs is 1. The van der Waals surface area contributed by atoms with Crippen LogP contribution in [-0.4, -0.2) is 24.9 Å². The largest absolute Gasteiger partial charge is 0.352 e. The Bertz CT molecular complexity index is 376. The fourth-order valence-corrected chi connectivity index (χ4v) is 1.72. The first-order valence-corrected chi connectivity index (χ1v) is 5.44. The van der Waals surface area contributed by atoms with Crippen molar-refractivity contribution in [1.82, 2.24) is 10.6 Å². The Kier molecular flexibility index (Phi) is 3.19. The van der Waals surface area contributed by atoms with Crippen LogP contribution in [0, 0.1) is 0 Å². The van der Waals surface area contributed by atoms with Gasteiger partial charge >= 0.3 is 0 Å². The Hall–Kier alpha value is -1.84. The number of carbonyl (C=O) groups is 2. The Balaban J connectivity index is 2.36. The van der Waals surface area contributed by atoms with Crippen LogP contribution in [0.25, 0.3) is 0 Å². The summed E-state index contributed by atoms with van der Waals surface area (Å²) in [6.07, 6.45) is 1.77. The summed E-state index contributed by atoms with van der Waals surface area (Å²) in [5.74, 6) is -0.347. The highest BCUT2D eigenvalue weighted by molar-refractivity contribution is 6.07. The molecule has 16 heavy (non-hydrogen) atoms. The van der Waals surface area contributed by atoms with Crippen LogP contribution in [-0.2, 0) is 0 Å². The molecule has 0 radical (unpaired) electrons. The number of rotatable bonds is 0. The van der Waals surface area contributed by atoms with Gasteiger partial charge in [-0.1, -0.05) is 12.1 Å². The lowest BCUT2D eigenvalue weighted by molar-refractivity contribution is 0.0913. The lowest BCUT2D eigenvalue weighted by Crippen LogP contribution is -2.32. The SMILES string of the molecule is O=C1NCCCCNC(=O)c2ccccc21. The third kappa shape index (κ3) is 2.21. The summed E-state index contributed by atoms with van der Waals surface area (Å²) < 4.78 is 0. The lowest BCUT2D eigenvalue weighted by atomic mass is 10.1. The molecule has 4 nitrogen and oxygen atoms in total. The van der Waals surface area contributed by atoms with E-state index in [0.29, 0.717) is 24.2 Å². The van der Waals surface area contributed by atoms with Crippen LogP contribution in [0.2, 0.25) is 0 Å². The molecule has 1 aliphatic heterocycles. The van der Waals surface area contributed by atoms with Crippen molar-refractivity contribution < 1.29 is 9.59 Å². The minimum absolute atomic E-state index is 0.173. The molecule has 84 valence electrons. The van der Waals surface area contributed by atoms with E-state index < -0.39 is 0 Å². The highest BCUT2D eigenvalue weighted by Crippen LogP contribution is 2.09. The van der Waals surface area contributed by atoms with Crippen molar-refractivity contribution in [3.63, 3.8) is 0 Å². The second kappa shape index (κ2) is 4.79. The van der Waals surface area contributed by atoms with Gasteiger partial charge in [0.25, 0.3) is 11.8 Å². The van der Waals surface area contributed by atoms with Crippen molar-refractivity contribution in [3.05, 3.63) is 35.4 Å². The first-order valence-electron chi connectivity index (χ1n) is 5.44. The molecule has 1 aromatic rings. The third-order valence-corrected chi connectivity index (χ3v) is 2.59. The summed E-state index contributed by atoms with van der Waals surface area (Å²) in [4.78, 5) is 23.6. The van der Waals surface area contributed by atoms with Crippen molar-refractivity contribution in [2.24, 2.45) is 0 Å². The normalized spacial score (nSPS) is 17.0. The van der Waals surface area contributed by atoms with Crippen LogP contribution in [0.15, 0.2) is 24.3 Å². The number of carbonyl (C=O) groups excluding carboxylic acids is 2. The summed E-state index contributed by atoms with van der Waals surface area (Å²) >= 11 is 0. The van der Waals surface area contributed by atoms with E-state index in [1.165, 1.54) is 0 Å². The van der Waals surface area contributed by atoms with Gasteiger partial charge in [-0.05, 0) is 25.0 Å². The van der Waals surface area contributed by atoms with Crippen molar-refractivity contribution in [3.8, 4) is 0 Å². The summed E-state index contributed by atoms with van der Waals surface area (Å²) in [7, 11) is 0. The van der Waals surface area contributed by atoms with Crippen molar-refractivity contribution in [1.29, 1.82) is 0 Å². The van der Waals surface area contributed by atoms with E-state index in [0.717, 1.165) is 12.8 Å². The van der Waals surface area contributed by atoms with E-state index in [9.17, 15) is 9.59 Å². The molecule has 0 aliphatic carbocycles. The fourth-order valence-electron chi connectivity index (χ4n) is 1.72. The van der Waals surface area contributed by atoms with E-state index in [1.807, 2.05) is 0 Å². The first kappa shape index (κ1) is 10.7. The lowest BCUT2D eigenvalue weighted by Gasteiger charge is -2.13. The van der Waals surface area contributed by atoms with Crippen molar-refractivity contribution in [2.45, 2.75) is 12.8 Å². The quantitative estimate of drug-likeness (QED) is 0.681. The maximum atomic E-state index is 11.8. The molecule has 0 fully saturated rings. The van der Waals surface area contributed by atoms with E-state index in [4.69, 9.17) is 0 Å². The van der Waals surface area contributed by atoms with E-state index in [1.54, 1.807) is 24.3 Å². The molecule has 0 unspecified atom stereocenters. The topological polar surface area (TPSA) is 58.2 Å². The number of benzene rings is 1. The second-order valence-corrected chi connectivity index (χ2v) is 3.76. The van der Waals surface area contributed by atoms with Crippen molar-refractivity contribution >= 4 is 11.8 Å². The molecule has 1 aliphatic rings. The van der Waals surface area contributed by atoms with E-state index >= 15 is 0 Å². The molecule has 0 atom stereocenters. The molecular weight excluding hydrogens is 204 g/mol. The van der Waals surface area contributed by atoms with Gasteiger partial charge in [0.05, 0.1) is 11.1 Å². The average Bonchev–Trinajstić information content (AvgIpc) is 2.32. The Morgan fingerprint density at radius 3 is 1.69 bits per heavy atom. The molecule has 1 heterocycles. The Morgan fingerprint density at radius 2 is 1.25 bits per heavy atom. The second-order valence-electron chi connectivity index (χ2n) is 3.76. The van der Waals surface area contributed by atoms with Gasteiger partial charge in [0.1, 0.15) is 0 Å². The molecule has 0 saturated carbocycles. The van der Waals surface area contributed by atoms with Gasteiger partial charge in [0.15, 0.2) is 0 Å². The van der Waals surface area contributed by atoms with Gasteiger partial charge in [-0.3, -0.25) is 9.59 Å². The molecule has 2 rings (SSSR count). The highest BCUT2D eigenvalue weighted by atomic mass is 16.2. The number of hydrogen-bond donors (Lipinski definition) is 2. The molecule has 0 saturated heterocycles. The minimum Gasteiger partial charge on any atom is -0.352 e. The number of nitrogens with one attached hydrogen (secondary N) is 2. The average molecular weight is 218 g/mol. The molecule has 0 spiro atoms. The van der Waals surface area contributed by atoms with Gasteiger partial charge in [-0.15, -0.1) is 0 Å². The standard InChI is InChI=1S/C12H14N2O2/c15-11-9-5-1-2-6-10(9)12(16)14-8-4-3-7-13-11/h1-2,5-6H,3-4,7-8H2,(H,13,15)(H,14,16). The summed E-state index contributed by atoms with van der Waals surface area (Å²) in [5.41, 5.74) is 0.892. The van der Waals surface area contributed by atoms with Gasteiger partial charge in [0, 0.05) is 13.1 Å². The predicted octanol–water partition coefficient (Wildman–Crippen LogP) is 0.940. The monoisotopic (exact) mass is 218 g/mol. The smallest absolute Gasteiger partial charge is 0.252 e. The van der Waals surface area contributed by atoms with Gasteiger partial charge in [-0.25, -0.2) is 0 Å². The Morgan fingerprint density at radius 1 is 0.812 bits per heavy atom. The zero-order valence-corrected chi connectivity index (χ0v) is 8.95. The maximum Gasteiger partial charge on any atom is 0.252 e. The highest BCUT2D eigenvalue weighted by Gasteiger charge is 2.16. The molecular formula is C12H14N2O2. The van der Waals surface area contributed by atoms with Crippen LogP contribution in [0.3, 0.4) is 0 Å². The third-order valence-electron chi connectivity index (χ3n) is 2.59. The van der Waals surface area contributed by atoms with Crippen LogP contribution in [0.4, 0.5) is 0 Å². The van der Waals surface area contributed by atoms with E-state index in [2.05, 4.69) is 10.6 Å². The summed E-state index contributed by atoms with van der Waals surface area (Å²) in [5, 5.41) is 5.62. The van der Waals surface area contributed by atoms with Crippen LogP contribution in [0.1, 0.15) is 33.6 Å². The van der Waals surface area contributed by atoms with Crippen LogP contribution in [0.5, 0.6) is 0 Å². The first-order chi connectivity index (χ1) is 7.79. The number of amides is 2. The zero-order valence-electron chi connectivity index (χ0n) is 8.95. The summed E-state index contributed by atoms with van der Waals surface area (Å²) in [6.45, 7) is 1.31. The molecule has 4 heteroatoms. The zero-order chi connectivity index (χ0) is 11.4. The fraction of sp³-hybridized carbons (Fsp3) is 0.333. The van der Waals surface area contributed by atoms with E-state index in [-0.39, 0.29) is 11.8 Å². The van der Waals surface area contributed by atoms with Gasteiger partial charge < -0.3 is 10.6 Å². The van der Waals surface area contributed by atoms with Crippen molar-refractivity contribution in [2.75, 3.05) is 13.1 Å². The van der Waals surface area contributed by atoms with Gasteiger partial charge in [-0.2, -0.15) is 0 Å². The van der Waals surface area contributed by atoms with Crippen LogP contribution < -0.4 is 10.6 Å². The minimum atomic E-state index is -0.173. The molecule has 1 aromatic carbocycles. The van der Waals surface area contributed by atoms with Gasteiger partial charge in [0.2, 0.25) is 0 Å². The summed E-state index contributed by atoms with van der Waals surface area (Å²) in [6, 6.07) is 6.87. The predicted molar refractivity (Wildman–Crippen MR) is 60.3 cm³/mol. The molecule has 2 N–H and O–H groups in total.